The van der Waals surface area contributed by atoms with Crippen LogP contribution < -0.4 is 0 Å². The lowest BCUT2D eigenvalue weighted by Gasteiger charge is -2.19. The first-order valence-corrected chi connectivity index (χ1v) is 7.76. The van der Waals surface area contributed by atoms with Crippen molar-refractivity contribution in [1.82, 2.24) is 0 Å². The molecule has 1 aromatic carbocycles. The first-order chi connectivity index (χ1) is 8.80. The van der Waals surface area contributed by atoms with Gasteiger partial charge in [-0.05, 0) is 24.5 Å². The number of alkyl halides is 3. The summed E-state index contributed by atoms with van der Waals surface area (Å²) in [6.07, 6.45) is -3.39. The number of hydrogen-bond acceptors (Lipinski definition) is 3. The minimum atomic E-state index is -4.33. The lowest BCUT2D eigenvalue weighted by molar-refractivity contribution is -0.137. The van der Waals surface area contributed by atoms with Crippen LogP contribution in [0.3, 0.4) is 0 Å². The van der Waals surface area contributed by atoms with Crippen molar-refractivity contribution in [1.29, 1.82) is 0 Å². The van der Waals surface area contributed by atoms with E-state index in [4.69, 9.17) is 8.85 Å². The Morgan fingerprint density at radius 3 is 2.37 bits per heavy atom. The lowest BCUT2D eigenvalue weighted by Crippen LogP contribution is -2.40. The number of halogens is 3. The Labute approximate surface area is 111 Å². The van der Waals surface area contributed by atoms with Crippen molar-refractivity contribution in [2.45, 2.75) is 25.1 Å². The van der Waals surface area contributed by atoms with Gasteiger partial charge in [0.25, 0.3) is 0 Å². The van der Waals surface area contributed by atoms with E-state index in [2.05, 4.69) is 0 Å². The largest absolute Gasteiger partial charge is 0.497 e. The molecule has 3 nitrogen and oxygen atoms in total. The molecule has 1 rings (SSSR count). The van der Waals surface area contributed by atoms with E-state index < -0.39 is 20.5 Å². The van der Waals surface area contributed by atoms with Crippen LogP contribution in [0.15, 0.2) is 24.3 Å². The van der Waals surface area contributed by atoms with Gasteiger partial charge in [-0.25, -0.2) is 0 Å². The highest BCUT2D eigenvalue weighted by atomic mass is 28.4. The van der Waals surface area contributed by atoms with Gasteiger partial charge < -0.3 is 13.6 Å². The molecule has 0 spiro atoms. The maximum absolute atomic E-state index is 12.5. The van der Waals surface area contributed by atoms with E-state index in [1.807, 2.05) is 0 Å². The SMILES string of the molecule is CO[Si](O)(CCCc1cccc(C(F)(F)F)c1)OC. The second kappa shape index (κ2) is 6.51. The zero-order valence-corrected chi connectivity index (χ0v) is 11.8. The van der Waals surface area contributed by atoms with Crippen LogP contribution in [0.4, 0.5) is 13.2 Å². The minimum absolute atomic E-state index is 0.316. The van der Waals surface area contributed by atoms with Gasteiger partial charge >= 0.3 is 15.0 Å². The van der Waals surface area contributed by atoms with E-state index in [0.717, 1.165) is 12.1 Å². The van der Waals surface area contributed by atoms with E-state index in [1.54, 1.807) is 6.07 Å². The smallest absolute Gasteiger partial charge is 0.390 e. The maximum Gasteiger partial charge on any atom is 0.497 e. The Balaban J connectivity index is 2.59. The summed E-state index contributed by atoms with van der Waals surface area (Å²) in [4.78, 5) is 9.81. The number of hydrogen-bond donors (Lipinski definition) is 1. The first-order valence-electron chi connectivity index (χ1n) is 5.79. The number of rotatable bonds is 6. The molecular weight excluding hydrogens is 277 g/mol. The average molecular weight is 294 g/mol. The molecular formula is C12H17F3O3Si. The summed E-state index contributed by atoms with van der Waals surface area (Å²) in [6, 6.07) is 5.50. The van der Waals surface area contributed by atoms with Gasteiger partial charge in [0.2, 0.25) is 0 Å². The summed E-state index contributed by atoms with van der Waals surface area (Å²) in [6.45, 7) is 0. The molecule has 0 aromatic heterocycles. The van der Waals surface area contributed by atoms with E-state index in [9.17, 15) is 18.0 Å². The van der Waals surface area contributed by atoms with Crippen LogP contribution in [0.2, 0.25) is 6.04 Å². The van der Waals surface area contributed by atoms with Crippen LogP contribution in [0.1, 0.15) is 17.5 Å². The van der Waals surface area contributed by atoms with Gasteiger partial charge in [-0.2, -0.15) is 13.2 Å². The molecule has 0 saturated carbocycles. The van der Waals surface area contributed by atoms with Gasteiger partial charge in [-0.1, -0.05) is 18.2 Å². The zero-order valence-electron chi connectivity index (χ0n) is 10.8. The van der Waals surface area contributed by atoms with Gasteiger partial charge in [0.1, 0.15) is 0 Å². The third kappa shape index (κ3) is 4.94. The standard InChI is InChI=1S/C12H17F3O3Si/c1-17-19(16,18-2)8-4-6-10-5-3-7-11(9-10)12(13,14)15/h3,5,7,9,16H,4,6,8H2,1-2H3. The summed E-state index contributed by atoms with van der Waals surface area (Å²) in [5, 5.41) is 0. The van der Waals surface area contributed by atoms with Gasteiger partial charge in [0.05, 0.1) is 5.56 Å². The molecule has 108 valence electrons. The predicted octanol–water partition coefficient (Wildman–Crippen LogP) is 2.86. The predicted molar refractivity (Wildman–Crippen MR) is 66.6 cm³/mol. The number of benzene rings is 1. The Kier molecular flexibility index (Phi) is 5.54. The molecule has 0 amide bonds. The fourth-order valence-electron chi connectivity index (χ4n) is 1.71. The monoisotopic (exact) mass is 294 g/mol. The van der Waals surface area contributed by atoms with Crippen molar-refractivity contribution >= 4 is 8.80 Å². The maximum atomic E-state index is 12.5. The van der Waals surface area contributed by atoms with Crippen LogP contribution >= 0.6 is 0 Å². The lowest BCUT2D eigenvalue weighted by atomic mass is 10.1. The van der Waals surface area contributed by atoms with E-state index in [0.29, 0.717) is 24.4 Å². The fourth-order valence-corrected chi connectivity index (χ4v) is 2.91. The van der Waals surface area contributed by atoms with Crippen molar-refractivity contribution in [3.05, 3.63) is 35.4 Å². The summed E-state index contributed by atoms with van der Waals surface area (Å²) in [7, 11) is -0.401. The fraction of sp³-hybridized carbons (Fsp3) is 0.500. The molecule has 0 heterocycles. The van der Waals surface area contributed by atoms with Crippen molar-refractivity contribution < 1.29 is 26.8 Å². The zero-order chi connectivity index (χ0) is 14.5. The Bertz CT molecular complexity index is 405. The topological polar surface area (TPSA) is 38.7 Å². The molecule has 0 aliphatic rings. The summed E-state index contributed by atoms with van der Waals surface area (Å²) >= 11 is 0. The summed E-state index contributed by atoms with van der Waals surface area (Å²) in [5.41, 5.74) is -0.0747. The second-order valence-corrected chi connectivity index (χ2v) is 6.91. The van der Waals surface area contributed by atoms with E-state index >= 15 is 0 Å². The third-order valence-electron chi connectivity index (χ3n) is 2.85. The summed E-state index contributed by atoms with van der Waals surface area (Å²) < 4.78 is 47.3. The van der Waals surface area contributed by atoms with Crippen molar-refractivity contribution in [2.24, 2.45) is 0 Å². The first kappa shape index (κ1) is 16.2. The molecule has 0 fully saturated rings. The molecule has 0 aliphatic heterocycles. The molecule has 0 unspecified atom stereocenters. The molecule has 0 aliphatic carbocycles. The van der Waals surface area contributed by atoms with Crippen LogP contribution in [0, 0.1) is 0 Å². The summed E-state index contributed by atoms with van der Waals surface area (Å²) in [5.74, 6) is 0. The molecule has 0 saturated heterocycles. The Hall–Kier alpha value is -0.893. The third-order valence-corrected chi connectivity index (χ3v) is 5.11. The molecule has 0 bridgehead atoms. The second-order valence-electron chi connectivity index (χ2n) is 4.17. The van der Waals surface area contributed by atoms with Crippen molar-refractivity contribution in [2.75, 3.05) is 14.2 Å². The quantitative estimate of drug-likeness (QED) is 0.820. The molecule has 0 atom stereocenters. The highest BCUT2D eigenvalue weighted by Gasteiger charge is 2.33. The normalized spacial score (nSPS) is 12.7. The molecule has 1 N–H and O–H groups in total. The van der Waals surface area contributed by atoms with Crippen LogP contribution in [-0.4, -0.2) is 27.8 Å². The molecule has 0 radical (unpaired) electrons. The van der Waals surface area contributed by atoms with Crippen molar-refractivity contribution in [3.8, 4) is 0 Å². The average Bonchev–Trinajstić information content (AvgIpc) is 2.38. The molecule has 7 heteroatoms. The van der Waals surface area contributed by atoms with Gasteiger partial charge in [0, 0.05) is 20.3 Å². The Morgan fingerprint density at radius 1 is 1.21 bits per heavy atom. The van der Waals surface area contributed by atoms with E-state index in [1.165, 1.54) is 20.3 Å². The highest BCUT2D eigenvalue weighted by molar-refractivity contribution is 6.59. The van der Waals surface area contributed by atoms with Crippen LogP contribution in [0.25, 0.3) is 0 Å². The highest BCUT2D eigenvalue weighted by Crippen LogP contribution is 2.29. The Morgan fingerprint density at radius 2 is 1.84 bits per heavy atom. The van der Waals surface area contributed by atoms with Crippen LogP contribution in [-0.2, 0) is 21.4 Å². The van der Waals surface area contributed by atoms with Crippen molar-refractivity contribution in [3.63, 3.8) is 0 Å². The van der Waals surface area contributed by atoms with Gasteiger partial charge in [0.15, 0.2) is 0 Å². The molecule has 19 heavy (non-hydrogen) atoms. The van der Waals surface area contributed by atoms with Gasteiger partial charge in [-0.3, -0.25) is 0 Å². The van der Waals surface area contributed by atoms with Gasteiger partial charge in [-0.15, -0.1) is 0 Å². The number of aryl methyl sites for hydroxylation is 1. The molecule has 1 aromatic rings. The van der Waals surface area contributed by atoms with Crippen LogP contribution in [0.5, 0.6) is 0 Å². The minimum Gasteiger partial charge on any atom is -0.390 e. The van der Waals surface area contributed by atoms with E-state index in [-0.39, 0.29) is 0 Å².